The molecule has 1 amide bonds. The largest absolute Gasteiger partial charge is 0.508 e. The molecule has 1 saturated heterocycles. The number of esters is 1. The number of nitrogens with one attached hydrogen (secondary N) is 1. The van der Waals surface area contributed by atoms with Crippen LogP contribution in [0.2, 0.25) is 0 Å². The van der Waals surface area contributed by atoms with Crippen molar-refractivity contribution in [3.63, 3.8) is 0 Å². The van der Waals surface area contributed by atoms with Crippen LogP contribution in [0.3, 0.4) is 0 Å². The van der Waals surface area contributed by atoms with Crippen LogP contribution < -0.4 is 20.4 Å². The molecule has 4 aromatic rings. The molecule has 0 spiro atoms. The SMILES string of the molecule is C=C(O)c1cn(-c2ccc(F)cc2F)c2nc(N3CCN(/N=C\C4=C5NC(=O)/C(C)=C\C=C\[C@H](C)[C@H](O)[C@@H](C)[C@@H](O)[C@@H](C)[C@H](OC(C)=O)[C@H](C)[C@@H](OC)/C=C/O[C@@]6(C)Oc7c(C)c(O)c(c(c7C6=O)C4=O)C5=O)CC3)c(F)cc2c1=O. The number of aromatic hydroxyl groups is 1. The lowest BCUT2D eigenvalue weighted by Gasteiger charge is -2.38. The lowest BCUT2D eigenvalue weighted by Crippen LogP contribution is -2.46. The minimum atomic E-state index is -2.22. The molecule has 428 valence electrons. The van der Waals surface area contributed by atoms with Crippen LogP contribution in [0.1, 0.15) is 90.7 Å². The van der Waals surface area contributed by atoms with Crippen LogP contribution in [-0.4, -0.2) is 134 Å². The van der Waals surface area contributed by atoms with Gasteiger partial charge in [-0.05, 0) is 38.1 Å². The van der Waals surface area contributed by atoms with Gasteiger partial charge >= 0.3 is 11.8 Å². The topological polar surface area (TPSA) is 269 Å². The number of benzene rings is 2. The summed E-state index contributed by atoms with van der Waals surface area (Å²) in [6.07, 6.45) is 4.80. The van der Waals surface area contributed by atoms with Gasteiger partial charge in [0.05, 0.1) is 82.8 Å². The van der Waals surface area contributed by atoms with E-state index in [-0.39, 0.29) is 71.2 Å². The Morgan fingerprint density at radius 3 is 2.26 bits per heavy atom. The van der Waals surface area contributed by atoms with Gasteiger partial charge in [0.15, 0.2) is 23.1 Å². The summed E-state index contributed by atoms with van der Waals surface area (Å²) in [5.41, 5.74) is -4.57. The Morgan fingerprint density at radius 2 is 1.62 bits per heavy atom. The van der Waals surface area contributed by atoms with Crippen molar-refractivity contribution >= 4 is 58.1 Å². The first-order chi connectivity index (χ1) is 38.2. The first kappa shape index (κ1) is 58.7. The molecular weight excluding hydrogens is 1060 g/mol. The number of hydrogen-bond acceptors (Lipinski definition) is 18. The van der Waals surface area contributed by atoms with E-state index < -0.39 is 145 Å². The molecule has 9 atom stereocenters. The maximum atomic E-state index is 16.1. The molecule has 1 aliphatic carbocycles. The lowest BCUT2D eigenvalue weighted by molar-refractivity contribution is -0.160. The number of nitrogens with zero attached hydrogens (tertiary/aromatic N) is 5. The number of phenols is 1. The number of amides is 1. The Hall–Kier alpha value is -8.41. The zero-order valence-electron chi connectivity index (χ0n) is 45.7. The molecule has 20 nitrogen and oxygen atoms in total. The fourth-order valence-corrected chi connectivity index (χ4v) is 10.5. The van der Waals surface area contributed by atoms with Crippen molar-refractivity contribution in [2.75, 3.05) is 38.2 Å². The van der Waals surface area contributed by atoms with Gasteiger partial charge in [-0.15, -0.1) is 0 Å². The van der Waals surface area contributed by atoms with E-state index in [1.807, 2.05) is 0 Å². The summed E-state index contributed by atoms with van der Waals surface area (Å²) in [6, 6.07) is 3.53. The number of carbonyl (C=O) groups excluding carboxylic acids is 5. The van der Waals surface area contributed by atoms with Crippen molar-refractivity contribution in [2.45, 2.75) is 85.6 Å². The number of Topliss-reactive ketones (excluding diaryl/α,β-unsaturated/α-hetero) is 3. The fraction of sp³-hybridized carbons (Fsp3) is 0.379. The third-order valence-corrected chi connectivity index (χ3v) is 15.3. The predicted molar refractivity (Wildman–Crippen MR) is 289 cm³/mol. The number of rotatable bonds is 7. The molecule has 81 heavy (non-hydrogen) atoms. The van der Waals surface area contributed by atoms with Gasteiger partial charge < -0.3 is 49.6 Å². The summed E-state index contributed by atoms with van der Waals surface area (Å²) in [7, 11) is 1.38. The van der Waals surface area contributed by atoms with Crippen LogP contribution >= 0.6 is 0 Å². The highest BCUT2D eigenvalue weighted by Crippen LogP contribution is 2.49. The Balaban J connectivity index is 1.16. The number of fused-ring (bicyclic) bond motifs is 15. The first-order valence-electron chi connectivity index (χ1n) is 25.9. The molecule has 23 heteroatoms. The van der Waals surface area contributed by atoms with E-state index in [0.29, 0.717) is 6.07 Å². The number of ether oxygens (including phenoxy) is 4. The van der Waals surface area contributed by atoms with E-state index in [9.17, 15) is 48.8 Å². The van der Waals surface area contributed by atoms with Crippen molar-refractivity contribution < 1.29 is 76.5 Å². The average molecular weight is 1120 g/mol. The fourth-order valence-electron chi connectivity index (χ4n) is 10.5. The van der Waals surface area contributed by atoms with Crippen LogP contribution in [0.4, 0.5) is 19.0 Å². The number of allylic oxidation sites excluding steroid dienone is 4. The quantitative estimate of drug-likeness (QED) is 0.0755. The molecule has 5 N–H and O–H groups in total. The summed E-state index contributed by atoms with van der Waals surface area (Å²) >= 11 is 0. The molecule has 0 saturated carbocycles. The number of halogens is 3. The van der Waals surface area contributed by atoms with Gasteiger partial charge in [0, 0.05) is 81.1 Å². The smallest absolute Gasteiger partial charge is 0.312 e. The van der Waals surface area contributed by atoms with E-state index in [1.165, 1.54) is 62.9 Å². The number of aliphatic hydroxyl groups excluding tert-OH is 3. The van der Waals surface area contributed by atoms with Crippen molar-refractivity contribution in [1.29, 1.82) is 0 Å². The molecule has 2 aromatic carbocycles. The van der Waals surface area contributed by atoms with Crippen molar-refractivity contribution in [1.82, 2.24) is 19.9 Å². The molecule has 0 radical (unpaired) electrons. The maximum absolute atomic E-state index is 16.1. The monoisotopic (exact) mass is 1120 g/mol. The predicted octanol–water partition coefficient (Wildman–Crippen LogP) is 6.45. The van der Waals surface area contributed by atoms with Crippen LogP contribution in [0.5, 0.6) is 11.5 Å². The van der Waals surface area contributed by atoms with Gasteiger partial charge in [-0.2, -0.15) is 5.10 Å². The zero-order valence-corrected chi connectivity index (χ0v) is 45.7. The maximum Gasteiger partial charge on any atom is 0.312 e. The third-order valence-electron chi connectivity index (χ3n) is 15.3. The number of hydrogen-bond donors (Lipinski definition) is 5. The summed E-state index contributed by atoms with van der Waals surface area (Å²) in [6.45, 7) is 15.3. The number of phenolic OH excluding ortho intramolecular Hbond substituents is 1. The molecule has 0 unspecified atom stereocenters. The van der Waals surface area contributed by atoms with Crippen molar-refractivity contribution in [2.24, 2.45) is 28.8 Å². The van der Waals surface area contributed by atoms with Gasteiger partial charge in [0.25, 0.3) is 11.7 Å². The van der Waals surface area contributed by atoms with E-state index in [2.05, 4.69) is 22.0 Å². The number of anilines is 1. The molecular formula is C58H61F3N6O14. The highest BCUT2D eigenvalue weighted by molar-refractivity contribution is 6.37. The van der Waals surface area contributed by atoms with Gasteiger partial charge in [-0.3, -0.25) is 38.3 Å². The highest BCUT2D eigenvalue weighted by Gasteiger charge is 2.53. The summed E-state index contributed by atoms with van der Waals surface area (Å²) in [5.74, 6) is -14.5. The van der Waals surface area contributed by atoms with Gasteiger partial charge in [-0.25, -0.2) is 18.2 Å². The Labute approximate surface area is 462 Å². The Morgan fingerprint density at radius 1 is 0.926 bits per heavy atom. The van der Waals surface area contributed by atoms with Crippen LogP contribution in [0.25, 0.3) is 22.5 Å². The van der Waals surface area contributed by atoms with E-state index in [1.54, 1.807) is 33.8 Å². The lowest BCUT2D eigenvalue weighted by atomic mass is 9.78. The molecule has 9 rings (SSSR count). The number of methoxy groups -OCH3 is 1. The van der Waals surface area contributed by atoms with Crippen molar-refractivity contribution in [3.05, 3.63) is 140 Å². The number of carbonyl (C=O) groups is 5. The Kier molecular flexibility index (Phi) is 16.7. The van der Waals surface area contributed by atoms with Crippen LogP contribution in [-0.2, 0) is 23.8 Å². The Bertz CT molecular complexity index is 3530. The number of piperazine rings is 1. The number of aliphatic hydroxyl groups is 3. The van der Waals surface area contributed by atoms with E-state index in [0.717, 1.165) is 41.4 Å². The molecule has 5 aliphatic rings. The summed E-state index contributed by atoms with van der Waals surface area (Å²) < 4.78 is 70.0. The third kappa shape index (κ3) is 11.0. The number of pyridine rings is 2. The molecule has 5 bridgehead atoms. The molecule has 4 aliphatic heterocycles. The molecule has 1 fully saturated rings. The van der Waals surface area contributed by atoms with Gasteiger partial charge in [0.2, 0.25) is 11.2 Å². The van der Waals surface area contributed by atoms with Crippen LogP contribution in [0.15, 0.2) is 94.3 Å². The number of aromatic nitrogens is 2. The second kappa shape index (κ2) is 23.0. The van der Waals surface area contributed by atoms with E-state index in [4.69, 9.17) is 18.9 Å². The summed E-state index contributed by atoms with van der Waals surface area (Å²) in [5, 5.41) is 53.1. The van der Waals surface area contributed by atoms with Crippen molar-refractivity contribution in [3.8, 4) is 17.2 Å². The highest BCUT2D eigenvalue weighted by atomic mass is 19.1. The van der Waals surface area contributed by atoms with Gasteiger partial charge in [-0.1, -0.05) is 52.5 Å². The van der Waals surface area contributed by atoms with Crippen LogP contribution in [0, 0.1) is 48.0 Å². The van der Waals surface area contributed by atoms with Gasteiger partial charge in [0.1, 0.15) is 40.7 Å². The second-order valence-electron chi connectivity index (χ2n) is 20.7. The number of hydrazone groups is 1. The number of ketones is 3. The molecule has 2 aromatic heterocycles. The minimum absolute atomic E-state index is 0.00210. The molecule has 6 heterocycles. The zero-order chi connectivity index (χ0) is 59.3. The standard InChI is InChI=1S/C58H61F3N6O14/c1-26-12-11-13-27(2)57(77)63-45-36(24-62-66-19-17-65(18-20-66)56-39(61)23-35-49(73)37(32(7)68)25-67(55(35)64-56)40-15-14-34(59)22-38(40)60)50(74)42-43(51(45)75)48(72)31(6)53-44(42)54(76)58(9,81-53)79-21-16-41(78-10)28(3)52(80-33(8)69)30(5)47(71)29(4)46(26)70/h11-16,21-26,28-30,41,46-47,52,68,70-72H,7,17-20H2,1-6,8-10H3,(H,63,77)/b12-11+,21-16+,27-13-,62-24-/t26-,28+,29+,30+,41-,46-,47+,52+,58-/m0/s1. The minimum Gasteiger partial charge on any atom is -0.508 e. The normalized spacial score (nSPS) is 27.2. The second-order valence-corrected chi connectivity index (χ2v) is 20.7. The average Bonchev–Trinajstić information content (AvgIpc) is 3.90. The first-order valence-corrected chi connectivity index (χ1v) is 25.9. The van der Waals surface area contributed by atoms with E-state index >= 15 is 13.6 Å². The summed E-state index contributed by atoms with van der Waals surface area (Å²) in [4.78, 5) is 90.4.